The Balaban J connectivity index is 1.32. The highest BCUT2D eigenvalue weighted by molar-refractivity contribution is 7.09. The summed E-state index contributed by atoms with van der Waals surface area (Å²) in [5, 5.41) is 3.26. The van der Waals surface area contributed by atoms with Gasteiger partial charge in [-0.2, -0.15) is 0 Å². The smallest absolute Gasteiger partial charge is 0.227 e. The molecule has 23 heavy (non-hydrogen) atoms. The van der Waals surface area contributed by atoms with Crippen molar-refractivity contribution < 1.29 is 4.79 Å². The van der Waals surface area contributed by atoms with Gasteiger partial charge in [-0.15, -0.1) is 11.3 Å². The zero-order chi connectivity index (χ0) is 16.0. The highest BCUT2D eigenvalue weighted by Gasteiger charge is 2.50. The molecule has 2 bridgehead atoms. The van der Waals surface area contributed by atoms with Crippen molar-refractivity contribution in [3.05, 3.63) is 16.1 Å². The Morgan fingerprint density at radius 1 is 1.30 bits per heavy atom. The molecule has 4 atom stereocenters. The van der Waals surface area contributed by atoms with Crippen molar-refractivity contribution in [1.82, 2.24) is 14.8 Å². The molecule has 0 spiro atoms. The van der Waals surface area contributed by atoms with Gasteiger partial charge < -0.3 is 10.6 Å². The standard InChI is InChI=1S/C17H26N4OS/c1-11-19-14(10-23-11)9-20-4-6-21(7-5-20)17(22)15-12-2-3-13(8-12)16(15)18/h10,12-13,15-16H,2-9,18H2,1H3. The topological polar surface area (TPSA) is 62.5 Å². The van der Waals surface area contributed by atoms with Crippen molar-refractivity contribution >= 4 is 17.2 Å². The van der Waals surface area contributed by atoms with Crippen LogP contribution in [0.2, 0.25) is 0 Å². The van der Waals surface area contributed by atoms with Crippen LogP contribution in [-0.4, -0.2) is 52.9 Å². The summed E-state index contributed by atoms with van der Waals surface area (Å²) in [4.78, 5) is 21.9. The molecule has 1 aromatic heterocycles. The minimum atomic E-state index is 0.0986. The highest BCUT2D eigenvalue weighted by atomic mass is 32.1. The van der Waals surface area contributed by atoms with E-state index in [0.29, 0.717) is 17.7 Å². The molecule has 1 saturated heterocycles. The monoisotopic (exact) mass is 334 g/mol. The Hall–Kier alpha value is -0.980. The first kappa shape index (κ1) is 15.5. The second-order valence-corrected chi connectivity index (χ2v) is 8.46. The SMILES string of the molecule is Cc1nc(CN2CCN(C(=O)C3C4CCC(C4)C3N)CC2)cs1. The lowest BCUT2D eigenvalue weighted by Crippen LogP contribution is -2.53. The molecular formula is C17H26N4OS. The van der Waals surface area contributed by atoms with Crippen LogP contribution in [0, 0.1) is 24.7 Å². The minimum Gasteiger partial charge on any atom is -0.340 e. The van der Waals surface area contributed by atoms with Gasteiger partial charge in [-0.3, -0.25) is 9.69 Å². The molecule has 6 heteroatoms. The molecule has 126 valence electrons. The molecular weight excluding hydrogens is 308 g/mol. The summed E-state index contributed by atoms with van der Waals surface area (Å²) < 4.78 is 0. The maximum absolute atomic E-state index is 12.9. The summed E-state index contributed by atoms with van der Waals surface area (Å²) in [5.41, 5.74) is 7.49. The molecule has 1 aliphatic heterocycles. The van der Waals surface area contributed by atoms with E-state index in [0.717, 1.165) is 43.4 Å². The van der Waals surface area contributed by atoms with Crippen LogP contribution in [0.3, 0.4) is 0 Å². The molecule has 0 aromatic carbocycles. The number of hydrogen-bond donors (Lipinski definition) is 1. The van der Waals surface area contributed by atoms with Gasteiger partial charge in [0.2, 0.25) is 5.91 Å². The van der Waals surface area contributed by atoms with Crippen LogP contribution in [0.15, 0.2) is 5.38 Å². The number of nitrogens with two attached hydrogens (primary N) is 1. The zero-order valence-electron chi connectivity index (χ0n) is 13.8. The zero-order valence-corrected chi connectivity index (χ0v) is 14.6. The first-order valence-corrected chi connectivity index (χ1v) is 9.67. The van der Waals surface area contributed by atoms with E-state index in [9.17, 15) is 4.79 Å². The summed E-state index contributed by atoms with van der Waals surface area (Å²) in [7, 11) is 0. The number of thiazole rings is 1. The lowest BCUT2D eigenvalue weighted by Gasteiger charge is -2.38. The quantitative estimate of drug-likeness (QED) is 0.909. The molecule has 3 aliphatic rings. The van der Waals surface area contributed by atoms with E-state index in [1.807, 2.05) is 6.92 Å². The van der Waals surface area contributed by atoms with E-state index < -0.39 is 0 Å². The van der Waals surface area contributed by atoms with Crippen molar-refractivity contribution in [2.45, 2.75) is 38.8 Å². The van der Waals surface area contributed by atoms with Gasteiger partial charge in [0, 0.05) is 44.1 Å². The van der Waals surface area contributed by atoms with Crippen LogP contribution in [0.4, 0.5) is 0 Å². The number of amides is 1. The Morgan fingerprint density at radius 3 is 2.65 bits per heavy atom. The molecule has 2 saturated carbocycles. The molecule has 3 fully saturated rings. The largest absolute Gasteiger partial charge is 0.340 e. The van der Waals surface area contributed by atoms with E-state index in [2.05, 4.69) is 20.2 Å². The van der Waals surface area contributed by atoms with Gasteiger partial charge in [0.25, 0.3) is 0 Å². The van der Waals surface area contributed by atoms with Gasteiger partial charge in [-0.1, -0.05) is 0 Å². The van der Waals surface area contributed by atoms with Crippen molar-refractivity contribution in [3.63, 3.8) is 0 Å². The van der Waals surface area contributed by atoms with E-state index in [-0.39, 0.29) is 12.0 Å². The number of carbonyl (C=O) groups excluding carboxylic acids is 1. The third kappa shape index (κ3) is 2.92. The van der Waals surface area contributed by atoms with Crippen LogP contribution in [0.25, 0.3) is 0 Å². The molecule has 2 N–H and O–H groups in total. The number of rotatable bonds is 3. The number of aromatic nitrogens is 1. The molecule has 1 amide bonds. The summed E-state index contributed by atoms with van der Waals surface area (Å²) in [6.45, 7) is 6.51. The predicted molar refractivity (Wildman–Crippen MR) is 91.0 cm³/mol. The van der Waals surface area contributed by atoms with Gasteiger partial charge in [-0.05, 0) is 38.0 Å². The third-order valence-corrected chi connectivity index (χ3v) is 6.82. The van der Waals surface area contributed by atoms with E-state index >= 15 is 0 Å². The van der Waals surface area contributed by atoms with Crippen LogP contribution in [0.1, 0.15) is 30.0 Å². The Kier molecular flexibility index (Phi) is 4.15. The second-order valence-electron chi connectivity index (χ2n) is 7.40. The normalized spacial score (nSPS) is 34.3. The lowest BCUT2D eigenvalue weighted by atomic mass is 9.84. The van der Waals surface area contributed by atoms with Crippen molar-refractivity contribution in [1.29, 1.82) is 0 Å². The fourth-order valence-corrected chi connectivity index (χ4v) is 5.35. The molecule has 1 aromatic rings. The van der Waals surface area contributed by atoms with E-state index in [4.69, 9.17) is 5.73 Å². The Morgan fingerprint density at radius 2 is 2.04 bits per heavy atom. The first-order chi connectivity index (χ1) is 11.1. The first-order valence-electron chi connectivity index (χ1n) is 8.79. The summed E-state index contributed by atoms with van der Waals surface area (Å²) in [6.07, 6.45) is 3.62. The summed E-state index contributed by atoms with van der Waals surface area (Å²) >= 11 is 1.71. The fourth-order valence-electron chi connectivity index (χ4n) is 4.75. The average Bonchev–Trinajstić information content (AvgIpc) is 3.24. The highest BCUT2D eigenvalue weighted by Crippen LogP contribution is 2.48. The number of aryl methyl sites for hydroxylation is 1. The van der Waals surface area contributed by atoms with E-state index in [1.165, 1.54) is 19.3 Å². The predicted octanol–water partition coefficient (Wildman–Crippen LogP) is 1.47. The lowest BCUT2D eigenvalue weighted by molar-refractivity contribution is -0.139. The van der Waals surface area contributed by atoms with Crippen molar-refractivity contribution in [2.24, 2.45) is 23.5 Å². The molecule has 4 unspecified atom stereocenters. The molecule has 2 heterocycles. The number of fused-ring (bicyclic) bond motifs is 2. The van der Waals surface area contributed by atoms with Crippen LogP contribution in [-0.2, 0) is 11.3 Å². The number of piperazine rings is 1. The maximum atomic E-state index is 12.9. The van der Waals surface area contributed by atoms with E-state index in [1.54, 1.807) is 11.3 Å². The van der Waals surface area contributed by atoms with Crippen molar-refractivity contribution in [2.75, 3.05) is 26.2 Å². The third-order valence-electron chi connectivity index (χ3n) is 6.00. The van der Waals surface area contributed by atoms with Crippen molar-refractivity contribution in [3.8, 4) is 0 Å². The van der Waals surface area contributed by atoms with Crippen LogP contribution < -0.4 is 5.73 Å². The number of hydrogen-bond acceptors (Lipinski definition) is 5. The molecule has 4 rings (SSSR count). The maximum Gasteiger partial charge on any atom is 0.227 e. The molecule has 2 aliphatic carbocycles. The Labute approximate surface area is 141 Å². The second kappa shape index (κ2) is 6.15. The molecule has 5 nitrogen and oxygen atoms in total. The average molecular weight is 334 g/mol. The molecule has 0 radical (unpaired) electrons. The van der Waals surface area contributed by atoms with Gasteiger partial charge in [-0.25, -0.2) is 4.98 Å². The van der Waals surface area contributed by atoms with Gasteiger partial charge in [0.15, 0.2) is 0 Å². The summed E-state index contributed by atoms with van der Waals surface area (Å²) in [6, 6.07) is 0.109. The minimum absolute atomic E-state index is 0.0986. The van der Waals surface area contributed by atoms with Gasteiger partial charge >= 0.3 is 0 Å². The van der Waals surface area contributed by atoms with Crippen LogP contribution in [0.5, 0.6) is 0 Å². The van der Waals surface area contributed by atoms with Gasteiger partial charge in [0.05, 0.1) is 16.6 Å². The number of nitrogens with zero attached hydrogens (tertiary/aromatic N) is 3. The summed E-state index contributed by atoms with van der Waals surface area (Å²) in [5.74, 6) is 1.58. The number of carbonyl (C=O) groups is 1. The fraction of sp³-hybridized carbons (Fsp3) is 0.765. The van der Waals surface area contributed by atoms with Crippen LogP contribution >= 0.6 is 11.3 Å². The Bertz CT molecular complexity index is 579. The van der Waals surface area contributed by atoms with Gasteiger partial charge in [0.1, 0.15) is 0 Å².